The van der Waals surface area contributed by atoms with E-state index in [1.54, 1.807) is 25.7 Å². The van der Waals surface area contributed by atoms with Crippen LogP contribution in [0.1, 0.15) is 77.5 Å². The zero-order valence-electron chi connectivity index (χ0n) is 32.4. The summed E-state index contributed by atoms with van der Waals surface area (Å²) in [6.45, 7) is 12.7. The number of benzene rings is 1. The number of piperazine rings is 1. The van der Waals surface area contributed by atoms with Gasteiger partial charge in [0.1, 0.15) is 40.2 Å². The Morgan fingerprint density at radius 2 is 1.77 bits per heavy atom. The van der Waals surface area contributed by atoms with Gasteiger partial charge in [0.05, 0.1) is 52.8 Å². The number of anilines is 2. The lowest BCUT2D eigenvalue weighted by Gasteiger charge is -2.56. The predicted octanol–water partition coefficient (Wildman–Crippen LogP) is 7.10. The molecule has 3 unspecified atom stereocenters. The number of likely N-dealkylation sites (tertiary alicyclic amines) is 2. The van der Waals surface area contributed by atoms with Gasteiger partial charge in [0.15, 0.2) is 11.6 Å². The van der Waals surface area contributed by atoms with Crippen molar-refractivity contribution in [3.05, 3.63) is 34.5 Å². The average molecular weight is 791 g/mol. The highest BCUT2D eigenvalue weighted by Crippen LogP contribution is 2.49. The minimum absolute atomic E-state index is 0.000191. The Hall–Kier alpha value is -4.92. The monoisotopic (exact) mass is 790 g/mol. The van der Waals surface area contributed by atoms with Crippen molar-refractivity contribution in [1.82, 2.24) is 24.8 Å². The molecule has 2 amide bonds. The molecule has 4 aliphatic rings. The average Bonchev–Trinajstić information content (AvgIpc) is 3.85. The number of ether oxygens (including phenoxy) is 4. The van der Waals surface area contributed by atoms with E-state index in [-0.39, 0.29) is 80.9 Å². The number of pyridine rings is 1. The largest absolute Gasteiger partial charge is 0.462 e. The number of carbonyl (C=O) groups is 2. The van der Waals surface area contributed by atoms with Gasteiger partial charge in [-0.05, 0) is 85.5 Å². The van der Waals surface area contributed by atoms with Crippen LogP contribution in [-0.2, 0) is 27.4 Å². The topological polar surface area (TPSA) is 155 Å². The first kappa shape index (κ1) is 38.0. The van der Waals surface area contributed by atoms with Crippen LogP contribution >= 0.6 is 11.3 Å². The van der Waals surface area contributed by atoms with E-state index in [2.05, 4.69) is 26.2 Å². The van der Waals surface area contributed by atoms with Gasteiger partial charge in [-0.3, -0.25) is 10.3 Å². The molecule has 2 bridgehead atoms. The van der Waals surface area contributed by atoms with E-state index in [1.807, 2.05) is 27.8 Å². The molecule has 4 aliphatic heterocycles. The van der Waals surface area contributed by atoms with Crippen molar-refractivity contribution < 1.29 is 37.3 Å². The quantitative estimate of drug-likeness (QED) is 0.212. The number of fused-ring (bicyclic) bond motifs is 6. The summed E-state index contributed by atoms with van der Waals surface area (Å²) in [5.74, 6) is -1.01. The molecule has 0 saturated carbocycles. The fourth-order valence-corrected chi connectivity index (χ4v) is 9.17. The Bertz CT molecular complexity index is 2310. The number of hydrogen-bond acceptors (Lipinski definition) is 13. The van der Waals surface area contributed by atoms with Gasteiger partial charge in [0, 0.05) is 30.1 Å². The molecule has 8 rings (SSSR count). The Kier molecular flexibility index (Phi) is 9.44. The van der Waals surface area contributed by atoms with Gasteiger partial charge in [-0.15, -0.1) is 11.3 Å². The second kappa shape index (κ2) is 13.9. The minimum atomic E-state index is -0.831. The molecular formula is C39H44F2N8O6S. The predicted molar refractivity (Wildman–Crippen MR) is 205 cm³/mol. The number of piperidine rings is 1. The first-order chi connectivity index (χ1) is 26.5. The van der Waals surface area contributed by atoms with Crippen molar-refractivity contribution in [3.8, 4) is 23.3 Å². The van der Waals surface area contributed by atoms with Gasteiger partial charge >= 0.3 is 18.2 Å². The summed E-state index contributed by atoms with van der Waals surface area (Å²) < 4.78 is 56.4. The Labute approximate surface area is 326 Å². The van der Waals surface area contributed by atoms with E-state index < -0.39 is 28.9 Å². The third kappa shape index (κ3) is 6.81. The molecule has 4 aromatic rings. The lowest BCUT2D eigenvalue weighted by Crippen LogP contribution is -2.70. The maximum absolute atomic E-state index is 17.6. The van der Waals surface area contributed by atoms with Crippen LogP contribution in [0.3, 0.4) is 0 Å². The van der Waals surface area contributed by atoms with E-state index in [4.69, 9.17) is 28.9 Å². The lowest BCUT2D eigenvalue weighted by atomic mass is 9.86. The molecular weight excluding hydrogens is 747 g/mol. The highest BCUT2D eigenvalue weighted by atomic mass is 32.1. The van der Waals surface area contributed by atoms with Gasteiger partial charge in [-0.25, -0.2) is 18.4 Å². The van der Waals surface area contributed by atoms with Crippen LogP contribution in [0.25, 0.3) is 32.2 Å². The molecule has 0 radical (unpaired) electrons. The van der Waals surface area contributed by atoms with Crippen molar-refractivity contribution in [3.63, 3.8) is 0 Å². The Morgan fingerprint density at radius 1 is 1.05 bits per heavy atom. The van der Waals surface area contributed by atoms with Crippen LogP contribution in [0.4, 0.5) is 29.2 Å². The number of nitrogens with one attached hydrogen (secondary N) is 1. The van der Waals surface area contributed by atoms with Crippen LogP contribution in [0.15, 0.2) is 6.20 Å². The van der Waals surface area contributed by atoms with E-state index in [0.29, 0.717) is 42.0 Å². The lowest BCUT2D eigenvalue weighted by molar-refractivity contribution is 0.00842. The standard InChI is InChI=1S/C39H44F2N8O6S/c1-38(2,3)54-36(50)46-34-22(12-42)27-30(43-13-25(40)32(27)56-34)26-23-17-52-18-24(23)28-31(29(26)41)44-35(53-16-19-9-8-10-47(19)7)45-33(28)49-20-11-21(49)15-48(14-20)37(51)55-39(4,5)6/h13,19-21H,8-11,14-18H2,1-7H3,(H,46,50). The van der Waals surface area contributed by atoms with Crippen molar-refractivity contribution in [2.24, 2.45) is 0 Å². The number of nitrogens with zero attached hydrogens (tertiary/aromatic N) is 7. The van der Waals surface area contributed by atoms with Gasteiger partial charge in [0.2, 0.25) is 0 Å². The molecule has 14 nitrogen and oxygen atoms in total. The number of aromatic nitrogens is 3. The van der Waals surface area contributed by atoms with Crippen molar-refractivity contribution in [2.75, 3.05) is 43.5 Å². The Balaban J connectivity index is 1.27. The third-order valence-electron chi connectivity index (χ3n) is 10.6. The molecule has 3 atom stereocenters. The molecule has 1 aromatic carbocycles. The molecule has 0 spiro atoms. The molecule has 1 N–H and O–H groups in total. The molecule has 3 fully saturated rings. The van der Waals surface area contributed by atoms with Crippen molar-refractivity contribution in [2.45, 2.75) is 103 Å². The van der Waals surface area contributed by atoms with Crippen molar-refractivity contribution in [1.29, 1.82) is 5.26 Å². The van der Waals surface area contributed by atoms with Crippen LogP contribution in [0.2, 0.25) is 0 Å². The summed E-state index contributed by atoms with van der Waals surface area (Å²) in [7, 11) is 2.03. The molecule has 56 heavy (non-hydrogen) atoms. The number of likely N-dealkylation sites (N-methyl/N-ethyl adjacent to an activating group) is 1. The van der Waals surface area contributed by atoms with E-state index >= 15 is 8.78 Å². The number of rotatable bonds is 6. The molecule has 17 heteroatoms. The Morgan fingerprint density at radius 3 is 2.43 bits per heavy atom. The summed E-state index contributed by atoms with van der Waals surface area (Å²) in [5.41, 5.74) is -0.450. The number of carbonyl (C=O) groups excluding carboxylic acids is 2. The molecule has 3 saturated heterocycles. The number of nitriles is 1. The first-order valence-corrected chi connectivity index (χ1v) is 19.6. The van der Waals surface area contributed by atoms with Gasteiger partial charge < -0.3 is 33.6 Å². The fourth-order valence-electron chi connectivity index (χ4n) is 8.13. The molecule has 3 aromatic heterocycles. The fraction of sp³-hybridized carbons (Fsp3) is 0.538. The van der Waals surface area contributed by atoms with Crippen molar-refractivity contribution >= 4 is 55.3 Å². The number of halogens is 2. The van der Waals surface area contributed by atoms with Crippen LogP contribution in [0, 0.1) is 23.0 Å². The highest BCUT2D eigenvalue weighted by molar-refractivity contribution is 7.23. The summed E-state index contributed by atoms with van der Waals surface area (Å²) in [6.07, 6.45) is 2.54. The summed E-state index contributed by atoms with van der Waals surface area (Å²) in [4.78, 5) is 45.9. The molecule has 296 valence electrons. The van der Waals surface area contributed by atoms with Gasteiger partial charge in [-0.2, -0.15) is 15.2 Å². The zero-order valence-corrected chi connectivity index (χ0v) is 33.2. The van der Waals surface area contributed by atoms with Crippen LogP contribution in [-0.4, -0.2) is 99.6 Å². The van der Waals surface area contributed by atoms with E-state index in [0.717, 1.165) is 43.3 Å². The summed E-state index contributed by atoms with van der Waals surface area (Å²) >= 11 is 0.837. The second-order valence-corrected chi connectivity index (χ2v) is 17.8. The maximum Gasteiger partial charge on any atom is 0.412 e. The van der Waals surface area contributed by atoms with Crippen LogP contribution < -0.4 is 15.0 Å². The SMILES string of the molecule is CN1CCCC1COc1nc(N2C3CC2CN(C(=O)OC(C)(C)C)C3)c2c3c(c(-c4ncc(F)c5sc(NC(=O)OC(C)(C)C)c(C#N)c45)c(F)c2n1)COC3. The van der Waals surface area contributed by atoms with E-state index in [1.165, 1.54) is 0 Å². The van der Waals surface area contributed by atoms with Gasteiger partial charge in [-0.1, -0.05) is 0 Å². The molecule has 7 heterocycles. The maximum atomic E-state index is 17.6. The van der Waals surface area contributed by atoms with Crippen LogP contribution in [0.5, 0.6) is 6.01 Å². The third-order valence-corrected chi connectivity index (χ3v) is 11.7. The number of thiophene rings is 1. The zero-order chi connectivity index (χ0) is 39.8. The van der Waals surface area contributed by atoms with Gasteiger partial charge in [0.25, 0.3) is 0 Å². The number of hydrogen-bond donors (Lipinski definition) is 1. The number of amides is 2. The minimum Gasteiger partial charge on any atom is -0.462 e. The normalized spacial score (nSPS) is 20.9. The highest BCUT2D eigenvalue weighted by Gasteiger charge is 2.49. The second-order valence-electron chi connectivity index (χ2n) is 16.8. The summed E-state index contributed by atoms with van der Waals surface area (Å²) in [6, 6.07) is 1.98. The summed E-state index contributed by atoms with van der Waals surface area (Å²) in [5, 5.41) is 13.5. The van der Waals surface area contributed by atoms with E-state index in [9.17, 15) is 14.9 Å². The smallest absolute Gasteiger partial charge is 0.412 e. The molecule has 0 aliphatic carbocycles. The first-order valence-electron chi connectivity index (χ1n) is 18.7.